The van der Waals surface area contributed by atoms with Crippen LogP contribution in [0.2, 0.25) is 0 Å². The average molecular weight is 275 g/mol. The second-order valence-corrected chi connectivity index (χ2v) is 1.19. The summed E-state index contributed by atoms with van der Waals surface area (Å²) in [5.74, 6) is 0. The molecule has 0 aliphatic rings. The molecule has 0 spiro atoms. The molecule has 0 atom stereocenters. The molecule has 0 bridgehead atoms. The standard InChI is InChI=1S/C3H9ClN2.4CH3.Pd/c4-3-6-2-1-5;;;;;/h6H,1-3,5H2;4*1H3;/q;4*-1;. The number of nitrogens with one attached hydrogen (secondary N) is 1. The Labute approximate surface area is 91.9 Å². The summed E-state index contributed by atoms with van der Waals surface area (Å²) in [7, 11) is 0. The number of hydrogen-bond donors (Lipinski definition) is 2. The first-order chi connectivity index (χ1) is 2.91. The van der Waals surface area contributed by atoms with Gasteiger partial charge < -0.3 is 40.8 Å². The maximum absolute atomic E-state index is 5.21. The van der Waals surface area contributed by atoms with Crippen LogP contribution >= 0.6 is 11.6 Å². The molecule has 4 heteroatoms. The summed E-state index contributed by atoms with van der Waals surface area (Å²) in [6.07, 6.45) is 0. The van der Waals surface area contributed by atoms with E-state index in [0.717, 1.165) is 6.54 Å². The predicted molar refractivity (Wildman–Crippen MR) is 53.4 cm³/mol. The van der Waals surface area contributed by atoms with Crippen LogP contribution in [0, 0.1) is 29.7 Å². The third-order valence-electron chi connectivity index (χ3n) is 0.416. The molecule has 0 aromatic heterocycles. The maximum atomic E-state index is 5.21. The van der Waals surface area contributed by atoms with Crippen molar-refractivity contribution in [3.63, 3.8) is 0 Å². The van der Waals surface area contributed by atoms with E-state index in [4.69, 9.17) is 17.3 Å². The van der Waals surface area contributed by atoms with Crippen molar-refractivity contribution >= 4 is 11.6 Å². The van der Waals surface area contributed by atoms with E-state index < -0.39 is 0 Å². The third kappa shape index (κ3) is 57.1. The van der Waals surface area contributed by atoms with E-state index in [1.807, 2.05) is 0 Å². The SMILES string of the molecule is NCCNCCl.[CH3-].[CH3-].[CH3-].[CH3-].[Pd]. The smallest absolute Gasteiger partial charge is 0.0713 e. The van der Waals surface area contributed by atoms with E-state index in [2.05, 4.69) is 5.32 Å². The van der Waals surface area contributed by atoms with Gasteiger partial charge in [0, 0.05) is 33.5 Å². The summed E-state index contributed by atoms with van der Waals surface area (Å²) in [5, 5.41) is 2.84. The van der Waals surface area contributed by atoms with Gasteiger partial charge in [0.25, 0.3) is 0 Å². The Morgan fingerprint density at radius 2 is 1.45 bits per heavy atom. The van der Waals surface area contributed by atoms with Crippen molar-refractivity contribution < 1.29 is 20.4 Å². The van der Waals surface area contributed by atoms with Gasteiger partial charge in [0.05, 0.1) is 6.00 Å². The molecule has 0 amide bonds. The topological polar surface area (TPSA) is 38.0 Å². The molecule has 0 heterocycles. The van der Waals surface area contributed by atoms with E-state index >= 15 is 0 Å². The van der Waals surface area contributed by atoms with Crippen molar-refractivity contribution in [2.45, 2.75) is 0 Å². The molecule has 2 nitrogen and oxygen atoms in total. The molecule has 0 unspecified atom stereocenters. The van der Waals surface area contributed by atoms with Crippen LogP contribution in [-0.4, -0.2) is 19.1 Å². The van der Waals surface area contributed by atoms with Gasteiger partial charge in [0.15, 0.2) is 0 Å². The molecule has 11 heavy (non-hydrogen) atoms. The van der Waals surface area contributed by atoms with Gasteiger partial charge in [-0.25, -0.2) is 0 Å². The van der Waals surface area contributed by atoms with Crippen LogP contribution in [0.25, 0.3) is 0 Å². The maximum Gasteiger partial charge on any atom is 0.0713 e. The van der Waals surface area contributed by atoms with Gasteiger partial charge in [-0.3, -0.25) is 0 Å². The second kappa shape index (κ2) is 44.6. The zero-order chi connectivity index (χ0) is 4.83. The van der Waals surface area contributed by atoms with Gasteiger partial charge in [0.2, 0.25) is 0 Å². The Morgan fingerprint density at radius 1 is 1.09 bits per heavy atom. The molecular formula is C7H21ClN2Pd-4. The molecule has 0 fully saturated rings. The van der Waals surface area contributed by atoms with E-state index in [1.165, 1.54) is 0 Å². The fourth-order valence-electron chi connectivity index (χ4n) is 0.169. The van der Waals surface area contributed by atoms with Crippen LogP contribution in [0.4, 0.5) is 0 Å². The normalized spacial score (nSPS) is 4.91. The number of halogens is 1. The van der Waals surface area contributed by atoms with Gasteiger partial charge in [0.1, 0.15) is 0 Å². The Balaban J connectivity index is -0.0000000125. The van der Waals surface area contributed by atoms with Crippen molar-refractivity contribution in [2.75, 3.05) is 19.1 Å². The molecule has 80 valence electrons. The molecule has 0 aromatic carbocycles. The first-order valence-corrected chi connectivity index (χ1v) is 2.42. The van der Waals surface area contributed by atoms with E-state index in [1.54, 1.807) is 0 Å². The van der Waals surface area contributed by atoms with Crippen molar-refractivity contribution in [3.8, 4) is 0 Å². The van der Waals surface area contributed by atoms with Crippen molar-refractivity contribution in [1.82, 2.24) is 5.32 Å². The van der Waals surface area contributed by atoms with E-state index in [9.17, 15) is 0 Å². The molecule has 0 aromatic rings. The third-order valence-corrected chi connectivity index (χ3v) is 0.605. The Morgan fingerprint density at radius 3 is 1.55 bits per heavy atom. The first-order valence-electron chi connectivity index (χ1n) is 1.88. The van der Waals surface area contributed by atoms with Crippen molar-refractivity contribution in [2.24, 2.45) is 5.73 Å². The molecule has 0 aliphatic heterocycles. The Bertz CT molecular complexity index is 28.4. The molecule has 3 N–H and O–H groups in total. The predicted octanol–water partition coefficient (Wildman–Crippen LogP) is 1.53. The van der Waals surface area contributed by atoms with Crippen LogP contribution in [0.15, 0.2) is 0 Å². The van der Waals surface area contributed by atoms with Gasteiger partial charge in [-0.1, -0.05) is 0 Å². The van der Waals surface area contributed by atoms with E-state index in [0.29, 0.717) is 12.5 Å². The quantitative estimate of drug-likeness (QED) is 0.269. The van der Waals surface area contributed by atoms with Gasteiger partial charge >= 0.3 is 0 Å². The van der Waals surface area contributed by atoms with Crippen molar-refractivity contribution in [1.29, 1.82) is 0 Å². The molecule has 0 radical (unpaired) electrons. The van der Waals surface area contributed by atoms with Gasteiger partial charge in [-0.2, -0.15) is 0 Å². The average Bonchev–Trinajstić information content (AvgIpc) is 1.61. The number of rotatable bonds is 3. The summed E-state index contributed by atoms with van der Waals surface area (Å²) in [5.41, 5.74) is 5.09. The summed E-state index contributed by atoms with van der Waals surface area (Å²) < 4.78 is 0. The summed E-state index contributed by atoms with van der Waals surface area (Å²) >= 11 is 5.21. The minimum absolute atomic E-state index is 0. The van der Waals surface area contributed by atoms with Crippen LogP contribution in [0.3, 0.4) is 0 Å². The van der Waals surface area contributed by atoms with Crippen LogP contribution in [0.5, 0.6) is 0 Å². The largest absolute Gasteiger partial charge is 0.358 e. The Hall–Kier alpha value is 0.872. The fraction of sp³-hybridized carbons (Fsp3) is 0.429. The monoisotopic (exact) mass is 274 g/mol. The van der Waals surface area contributed by atoms with E-state index in [-0.39, 0.29) is 50.1 Å². The minimum Gasteiger partial charge on any atom is -0.358 e. The number of hydrogen-bond acceptors (Lipinski definition) is 2. The van der Waals surface area contributed by atoms with Crippen LogP contribution in [-0.2, 0) is 20.4 Å². The zero-order valence-electron chi connectivity index (χ0n) is 7.89. The molecular weight excluding hydrogens is 254 g/mol. The number of alkyl halides is 1. The summed E-state index contributed by atoms with van der Waals surface area (Å²) in [6, 6.07) is 0.497. The molecule has 0 saturated carbocycles. The fourth-order valence-corrected chi connectivity index (χ4v) is 0.303. The molecule has 0 saturated heterocycles. The number of nitrogens with two attached hydrogens (primary N) is 1. The van der Waals surface area contributed by atoms with Crippen LogP contribution in [0.1, 0.15) is 0 Å². The van der Waals surface area contributed by atoms with Gasteiger partial charge in [-0.15, -0.1) is 11.6 Å². The zero-order valence-corrected chi connectivity index (χ0v) is 10.2. The summed E-state index contributed by atoms with van der Waals surface area (Å²) in [4.78, 5) is 0. The van der Waals surface area contributed by atoms with Gasteiger partial charge in [-0.05, 0) is 0 Å². The first kappa shape index (κ1) is 40.7. The van der Waals surface area contributed by atoms with Crippen LogP contribution < -0.4 is 11.1 Å². The summed E-state index contributed by atoms with van der Waals surface area (Å²) in [6.45, 7) is 1.47. The Kier molecular flexibility index (Phi) is 165. The minimum atomic E-state index is 0. The molecule has 0 rings (SSSR count). The second-order valence-electron chi connectivity index (χ2n) is 0.922. The molecule has 0 aliphatic carbocycles. The van der Waals surface area contributed by atoms with Crippen molar-refractivity contribution in [3.05, 3.63) is 29.7 Å².